The number of benzene rings is 2. The van der Waals surface area contributed by atoms with Gasteiger partial charge in [0, 0.05) is 16.3 Å². The lowest BCUT2D eigenvalue weighted by atomic mass is 9.95. The Hall–Kier alpha value is -2.44. The second kappa shape index (κ2) is 6.22. The van der Waals surface area contributed by atoms with Crippen LogP contribution in [0.2, 0.25) is 0 Å². The molecule has 4 rings (SSSR count). The van der Waals surface area contributed by atoms with Crippen LogP contribution in [0.3, 0.4) is 0 Å². The average molecular weight is 354 g/mol. The number of ether oxygens (including phenoxy) is 2. The number of thiazole rings is 2. The number of hydrogen-bond donors (Lipinski definition) is 0. The molecule has 0 saturated carbocycles. The highest BCUT2D eigenvalue weighted by Gasteiger charge is 2.18. The normalized spacial score (nSPS) is 10.9. The number of hydrogen-bond acceptors (Lipinski definition) is 6. The fraction of sp³-hybridized carbons (Fsp3) is 0.111. The lowest BCUT2D eigenvalue weighted by Crippen LogP contribution is -1.94. The third-order valence-corrected chi connectivity index (χ3v) is 5.10. The molecule has 0 aliphatic heterocycles. The van der Waals surface area contributed by atoms with Crippen LogP contribution in [0.4, 0.5) is 0 Å². The van der Waals surface area contributed by atoms with E-state index in [2.05, 4.69) is 16.0 Å². The van der Waals surface area contributed by atoms with Crippen LogP contribution >= 0.6 is 22.7 Å². The quantitative estimate of drug-likeness (QED) is 0.511. The number of rotatable bonds is 4. The van der Waals surface area contributed by atoms with Gasteiger partial charge in [0.15, 0.2) is 0 Å². The maximum absolute atomic E-state index is 5.68. The lowest BCUT2D eigenvalue weighted by Gasteiger charge is -2.15. The van der Waals surface area contributed by atoms with Crippen molar-refractivity contribution >= 4 is 33.4 Å². The minimum atomic E-state index is 0.793. The molecule has 2 aromatic carbocycles. The van der Waals surface area contributed by atoms with Crippen LogP contribution in [-0.2, 0) is 0 Å². The molecule has 4 nitrogen and oxygen atoms in total. The summed E-state index contributed by atoms with van der Waals surface area (Å²) in [7, 11) is 3.36. The van der Waals surface area contributed by atoms with Crippen LogP contribution in [0.1, 0.15) is 0 Å². The molecule has 0 radical (unpaired) electrons. The van der Waals surface area contributed by atoms with E-state index in [9.17, 15) is 0 Å². The summed E-state index contributed by atoms with van der Waals surface area (Å²) < 4.78 is 11.1. The maximum Gasteiger partial charge on any atom is 0.129 e. The van der Waals surface area contributed by atoms with Crippen molar-refractivity contribution in [3.8, 4) is 34.0 Å². The Morgan fingerprint density at radius 1 is 0.833 bits per heavy atom. The lowest BCUT2D eigenvalue weighted by molar-refractivity contribution is 0.415. The summed E-state index contributed by atoms with van der Waals surface area (Å²) in [5, 5.41) is 6.22. The van der Waals surface area contributed by atoms with Crippen LogP contribution in [0, 0.1) is 0 Å². The largest absolute Gasteiger partial charge is 0.497 e. The van der Waals surface area contributed by atoms with Gasteiger partial charge in [0.1, 0.15) is 11.5 Å². The molecule has 0 aliphatic carbocycles. The van der Waals surface area contributed by atoms with E-state index in [0.717, 1.165) is 44.8 Å². The Balaban J connectivity index is 2.12. The highest BCUT2D eigenvalue weighted by atomic mass is 32.1. The third kappa shape index (κ3) is 2.44. The highest BCUT2D eigenvalue weighted by molar-refractivity contribution is 7.08. The molecule has 0 N–H and O–H groups in total. The van der Waals surface area contributed by atoms with Gasteiger partial charge in [0.2, 0.25) is 0 Å². The Kier molecular flexibility index (Phi) is 3.92. The van der Waals surface area contributed by atoms with Crippen LogP contribution in [-0.4, -0.2) is 24.2 Å². The van der Waals surface area contributed by atoms with Crippen molar-refractivity contribution in [2.24, 2.45) is 0 Å². The van der Waals surface area contributed by atoms with Crippen molar-refractivity contribution in [1.82, 2.24) is 9.97 Å². The van der Waals surface area contributed by atoms with Crippen LogP contribution < -0.4 is 9.47 Å². The van der Waals surface area contributed by atoms with Crippen molar-refractivity contribution in [2.45, 2.75) is 0 Å². The van der Waals surface area contributed by atoms with Gasteiger partial charge in [0.05, 0.1) is 42.2 Å². The van der Waals surface area contributed by atoms with Gasteiger partial charge in [-0.2, -0.15) is 0 Å². The fourth-order valence-electron chi connectivity index (χ4n) is 2.82. The molecule has 0 fully saturated rings. The zero-order valence-corrected chi connectivity index (χ0v) is 14.8. The van der Waals surface area contributed by atoms with Gasteiger partial charge in [-0.3, -0.25) is 0 Å². The summed E-state index contributed by atoms with van der Waals surface area (Å²) in [5.74, 6) is 1.61. The van der Waals surface area contributed by atoms with Gasteiger partial charge in [0.25, 0.3) is 0 Å². The van der Waals surface area contributed by atoms with E-state index in [4.69, 9.17) is 9.47 Å². The first-order chi connectivity index (χ1) is 11.8. The third-order valence-electron chi connectivity index (χ3n) is 3.92. The predicted molar refractivity (Wildman–Crippen MR) is 99.3 cm³/mol. The van der Waals surface area contributed by atoms with Crippen molar-refractivity contribution in [2.75, 3.05) is 14.2 Å². The number of methoxy groups -OCH3 is 2. The van der Waals surface area contributed by atoms with Gasteiger partial charge in [-0.25, -0.2) is 9.97 Å². The first kappa shape index (κ1) is 15.1. The molecule has 0 unspecified atom stereocenters. The minimum Gasteiger partial charge on any atom is -0.497 e. The van der Waals surface area contributed by atoms with E-state index in [1.54, 1.807) is 36.9 Å². The van der Waals surface area contributed by atoms with Crippen molar-refractivity contribution < 1.29 is 9.47 Å². The molecule has 0 amide bonds. The molecule has 0 saturated heterocycles. The van der Waals surface area contributed by atoms with Crippen molar-refractivity contribution in [1.29, 1.82) is 0 Å². The molecule has 4 aromatic rings. The molecule has 0 aliphatic rings. The Morgan fingerprint density at radius 2 is 1.58 bits per heavy atom. The molecule has 6 heteroatoms. The Labute approximate surface area is 147 Å². The molecule has 2 aromatic heterocycles. The summed E-state index contributed by atoms with van der Waals surface area (Å²) in [4.78, 5) is 8.94. The van der Waals surface area contributed by atoms with Gasteiger partial charge in [-0.05, 0) is 35.0 Å². The topological polar surface area (TPSA) is 44.2 Å². The van der Waals surface area contributed by atoms with Crippen LogP contribution in [0.25, 0.3) is 33.3 Å². The van der Waals surface area contributed by atoms with E-state index >= 15 is 0 Å². The van der Waals surface area contributed by atoms with E-state index < -0.39 is 0 Å². The standard InChI is InChI=1S/C18H14N2O2S2/c1-21-11-3-4-12-13(5-11)14(15-7-23-9-19-15)6-17(22-2)18(12)16-8-24-10-20-16/h3-10H,1-2H3. The maximum atomic E-state index is 5.68. The SMILES string of the molecule is COc1ccc2c(-c3cscn3)c(OC)cc(-c3cscn3)c2c1. The number of fused-ring (bicyclic) bond motifs is 1. The zero-order chi connectivity index (χ0) is 16.5. The zero-order valence-electron chi connectivity index (χ0n) is 13.1. The van der Waals surface area contributed by atoms with E-state index in [-0.39, 0.29) is 0 Å². The summed E-state index contributed by atoms with van der Waals surface area (Å²) >= 11 is 3.14. The fourth-order valence-corrected chi connectivity index (χ4v) is 3.92. The van der Waals surface area contributed by atoms with Crippen LogP contribution in [0.5, 0.6) is 11.5 Å². The Bertz CT molecular complexity index is 980. The van der Waals surface area contributed by atoms with E-state index in [1.165, 1.54) is 0 Å². The second-order valence-corrected chi connectivity index (χ2v) is 6.60. The van der Waals surface area contributed by atoms with Crippen molar-refractivity contribution in [3.05, 3.63) is 46.0 Å². The molecule has 0 spiro atoms. The van der Waals surface area contributed by atoms with E-state index in [1.807, 2.05) is 40.0 Å². The number of aromatic nitrogens is 2. The first-order valence-corrected chi connectivity index (χ1v) is 9.16. The first-order valence-electron chi connectivity index (χ1n) is 7.27. The molecule has 120 valence electrons. The highest BCUT2D eigenvalue weighted by Crippen LogP contribution is 2.43. The van der Waals surface area contributed by atoms with Gasteiger partial charge in [-0.1, -0.05) is 0 Å². The summed E-state index contributed by atoms with van der Waals surface area (Å²) in [6.07, 6.45) is 0. The predicted octanol–water partition coefficient (Wildman–Crippen LogP) is 5.10. The molecule has 0 atom stereocenters. The van der Waals surface area contributed by atoms with Crippen molar-refractivity contribution in [3.63, 3.8) is 0 Å². The minimum absolute atomic E-state index is 0.793. The van der Waals surface area contributed by atoms with Gasteiger partial charge in [-0.15, -0.1) is 22.7 Å². The number of nitrogens with zero attached hydrogens (tertiary/aromatic N) is 2. The smallest absolute Gasteiger partial charge is 0.129 e. The molecular formula is C18H14N2O2S2. The molecular weight excluding hydrogens is 340 g/mol. The summed E-state index contributed by atoms with van der Waals surface area (Å²) in [6, 6.07) is 8.09. The second-order valence-electron chi connectivity index (χ2n) is 5.16. The summed E-state index contributed by atoms with van der Waals surface area (Å²) in [6.45, 7) is 0. The van der Waals surface area contributed by atoms with Crippen LogP contribution in [0.15, 0.2) is 46.0 Å². The average Bonchev–Trinajstić information content (AvgIpc) is 3.33. The van der Waals surface area contributed by atoms with E-state index in [0.29, 0.717) is 0 Å². The van der Waals surface area contributed by atoms with Gasteiger partial charge < -0.3 is 9.47 Å². The Morgan fingerprint density at radius 3 is 2.21 bits per heavy atom. The molecule has 24 heavy (non-hydrogen) atoms. The monoisotopic (exact) mass is 354 g/mol. The molecule has 2 heterocycles. The summed E-state index contributed by atoms with van der Waals surface area (Å²) in [5.41, 5.74) is 7.54. The molecule has 0 bridgehead atoms. The van der Waals surface area contributed by atoms with Gasteiger partial charge >= 0.3 is 0 Å².